The van der Waals surface area contributed by atoms with Gasteiger partial charge in [0.1, 0.15) is 5.76 Å². The molecule has 1 aliphatic rings. The summed E-state index contributed by atoms with van der Waals surface area (Å²) in [5.74, 6) is 1.06. The van der Waals surface area contributed by atoms with Crippen LogP contribution in [0, 0.1) is 0 Å². The zero-order valence-corrected chi connectivity index (χ0v) is 10.4. The second-order valence-corrected chi connectivity index (χ2v) is 4.25. The molecule has 0 radical (unpaired) electrons. The van der Waals surface area contributed by atoms with E-state index in [9.17, 15) is 0 Å². The molecule has 1 aliphatic heterocycles. The molecular weight excluding hydrogens is 198 g/mol. The topological polar surface area (TPSA) is 12.5 Å². The lowest BCUT2D eigenvalue weighted by Crippen LogP contribution is -2.34. The third kappa shape index (κ3) is 1.58. The molecule has 2 heteroatoms. The monoisotopic (exact) mass is 217 g/mol. The Bertz CT molecular complexity index is 422. The lowest BCUT2D eigenvalue weighted by atomic mass is 9.96. The van der Waals surface area contributed by atoms with Crippen molar-refractivity contribution < 1.29 is 4.74 Å². The maximum atomic E-state index is 5.79. The quantitative estimate of drug-likeness (QED) is 0.753. The number of para-hydroxylation sites is 1. The Labute approximate surface area is 97.5 Å². The highest BCUT2D eigenvalue weighted by molar-refractivity contribution is 5.79. The van der Waals surface area contributed by atoms with Gasteiger partial charge in [0, 0.05) is 18.3 Å². The van der Waals surface area contributed by atoms with Crippen LogP contribution in [-0.2, 0) is 4.74 Å². The molecule has 0 aromatic heterocycles. The van der Waals surface area contributed by atoms with E-state index in [1.54, 1.807) is 0 Å². The predicted molar refractivity (Wildman–Crippen MR) is 68.5 cm³/mol. The van der Waals surface area contributed by atoms with E-state index in [0.29, 0.717) is 6.04 Å². The molecule has 0 saturated heterocycles. The molecular formula is C14H19NO. The number of rotatable bonds is 2. The molecule has 1 atom stereocenters. The molecule has 1 unspecified atom stereocenters. The van der Waals surface area contributed by atoms with Gasteiger partial charge < -0.3 is 9.64 Å². The van der Waals surface area contributed by atoms with Crippen LogP contribution in [0.4, 0.5) is 5.69 Å². The smallest absolute Gasteiger partial charge is 0.129 e. The first-order valence-corrected chi connectivity index (χ1v) is 5.82. The van der Waals surface area contributed by atoms with Gasteiger partial charge in [0.25, 0.3) is 0 Å². The SMILES string of the molecule is CCOC1=C(C)C(C)N(C)c2ccccc21. The van der Waals surface area contributed by atoms with Crippen LogP contribution in [0.15, 0.2) is 29.8 Å². The van der Waals surface area contributed by atoms with Gasteiger partial charge in [-0.3, -0.25) is 0 Å². The fourth-order valence-electron chi connectivity index (χ4n) is 2.21. The molecule has 2 rings (SSSR count). The molecule has 1 aromatic carbocycles. The molecule has 1 aromatic rings. The molecule has 0 saturated carbocycles. The number of nitrogens with zero attached hydrogens (tertiary/aromatic N) is 1. The number of benzene rings is 1. The van der Waals surface area contributed by atoms with Crippen LogP contribution in [-0.4, -0.2) is 19.7 Å². The largest absolute Gasteiger partial charge is 0.493 e. The van der Waals surface area contributed by atoms with E-state index in [2.05, 4.69) is 50.1 Å². The Kier molecular flexibility index (Phi) is 2.90. The summed E-state index contributed by atoms with van der Waals surface area (Å²) in [7, 11) is 2.13. The van der Waals surface area contributed by atoms with Crippen LogP contribution in [0.5, 0.6) is 0 Å². The van der Waals surface area contributed by atoms with Crippen LogP contribution in [0.25, 0.3) is 5.76 Å². The van der Waals surface area contributed by atoms with Crippen molar-refractivity contribution in [2.24, 2.45) is 0 Å². The van der Waals surface area contributed by atoms with Crippen molar-refractivity contribution in [3.63, 3.8) is 0 Å². The third-order valence-corrected chi connectivity index (χ3v) is 3.38. The number of likely N-dealkylation sites (N-methyl/N-ethyl adjacent to an activating group) is 1. The maximum absolute atomic E-state index is 5.79. The Morgan fingerprint density at radius 1 is 1.31 bits per heavy atom. The van der Waals surface area contributed by atoms with Gasteiger partial charge in [-0.15, -0.1) is 0 Å². The minimum atomic E-state index is 0.399. The number of hydrogen-bond donors (Lipinski definition) is 0. The number of hydrogen-bond acceptors (Lipinski definition) is 2. The normalized spacial score (nSPS) is 19.8. The van der Waals surface area contributed by atoms with Crippen molar-refractivity contribution in [1.82, 2.24) is 0 Å². The molecule has 16 heavy (non-hydrogen) atoms. The van der Waals surface area contributed by atoms with Crippen LogP contribution < -0.4 is 4.90 Å². The highest BCUT2D eigenvalue weighted by Gasteiger charge is 2.26. The fraction of sp³-hybridized carbons (Fsp3) is 0.429. The Morgan fingerprint density at radius 3 is 2.69 bits per heavy atom. The molecule has 0 fully saturated rings. The van der Waals surface area contributed by atoms with E-state index in [-0.39, 0.29) is 0 Å². The summed E-state index contributed by atoms with van der Waals surface area (Å²) in [5.41, 5.74) is 3.77. The average Bonchev–Trinajstić information content (AvgIpc) is 2.32. The van der Waals surface area contributed by atoms with E-state index in [1.807, 2.05) is 6.92 Å². The second kappa shape index (κ2) is 4.20. The summed E-state index contributed by atoms with van der Waals surface area (Å²) >= 11 is 0. The van der Waals surface area contributed by atoms with Crippen LogP contribution >= 0.6 is 0 Å². The average molecular weight is 217 g/mol. The van der Waals surface area contributed by atoms with Crippen LogP contribution in [0.1, 0.15) is 26.3 Å². The van der Waals surface area contributed by atoms with Crippen molar-refractivity contribution in [1.29, 1.82) is 0 Å². The second-order valence-electron chi connectivity index (χ2n) is 4.25. The lowest BCUT2D eigenvalue weighted by Gasteiger charge is -2.35. The first kappa shape index (κ1) is 11.1. The van der Waals surface area contributed by atoms with E-state index >= 15 is 0 Å². The van der Waals surface area contributed by atoms with Crippen LogP contribution in [0.3, 0.4) is 0 Å². The fourth-order valence-corrected chi connectivity index (χ4v) is 2.21. The third-order valence-electron chi connectivity index (χ3n) is 3.38. The van der Waals surface area contributed by atoms with E-state index < -0.39 is 0 Å². The van der Waals surface area contributed by atoms with Crippen molar-refractivity contribution >= 4 is 11.4 Å². The maximum Gasteiger partial charge on any atom is 0.129 e. The zero-order valence-electron chi connectivity index (χ0n) is 10.4. The molecule has 0 bridgehead atoms. The van der Waals surface area contributed by atoms with Gasteiger partial charge in [0.15, 0.2) is 0 Å². The summed E-state index contributed by atoms with van der Waals surface area (Å²) in [5, 5.41) is 0. The van der Waals surface area contributed by atoms with Crippen molar-refractivity contribution in [2.45, 2.75) is 26.8 Å². The van der Waals surface area contributed by atoms with Crippen molar-refractivity contribution in [3.05, 3.63) is 35.4 Å². The first-order valence-electron chi connectivity index (χ1n) is 5.82. The van der Waals surface area contributed by atoms with E-state index in [1.165, 1.54) is 16.8 Å². The summed E-state index contributed by atoms with van der Waals surface area (Å²) < 4.78 is 5.79. The number of ether oxygens (including phenoxy) is 1. The molecule has 1 heterocycles. The molecule has 0 amide bonds. The highest BCUT2D eigenvalue weighted by Crippen LogP contribution is 2.37. The van der Waals surface area contributed by atoms with Gasteiger partial charge in [0.05, 0.1) is 12.6 Å². The Hall–Kier alpha value is -1.44. The molecule has 2 nitrogen and oxygen atoms in total. The minimum absolute atomic E-state index is 0.399. The summed E-state index contributed by atoms with van der Waals surface area (Å²) in [6, 6.07) is 8.82. The summed E-state index contributed by atoms with van der Waals surface area (Å²) in [6.45, 7) is 7.12. The van der Waals surface area contributed by atoms with Gasteiger partial charge in [-0.25, -0.2) is 0 Å². The molecule has 0 spiro atoms. The Morgan fingerprint density at radius 2 is 2.00 bits per heavy atom. The molecule has 0 N–H and O–H groups in total. The van der Waals surface area contributed by atoms with E-state index in [0.717, 1.165) is 12.4 Å². The van der Waals surface area contributed by atoms with Gasteiger partial charge in [-0.1, -0.05) is 12.1 Å². The van der Waals surface area contributed by atoms with Gasteiger partial charge in [-0.05, 0) is 38.5 Å². The lowest BCUT2D eigenvalue weighted by molar-refractivity contribution is 0.292. The first-order chi connectivity index (χ1) is 7.66. The zero-order chi connectivity index (χ0) is 11.7. The van der Waals surface area contributed by atoms with Crippen LogP contribution in [0.2, 0.25) is 0 Å². The predicted octanol–water partition coefficient (Wildman–Crippen LogP) is 3.29. The van der Waals surface area contributed by atoms with Gasteiger partial charge in [-0.2, -0.15) is 0 Å². The van der Waals surface area contributed by atoms with Gasteiger partial charge in [0.2, 0.25) is 0 Å². The highest BCUT2D eigenvalue weighted by atomic mass is 16.5. The summed E-state index contributed by atoms with van der Waals surface area (Å²) in [4.78, 5) is 2.30. The number of anilines is 1. The molecule has 0 aliphatic carbocycles. The van der Waals surface area contributed by atoms with Gasteiger partial charge >= 0.3 is 0 Å². The minimum Gasteiger partial charge on any atom is -0.493 e. The standard InChI is InChI=1S/C14H19NO/c1-5-16-14-10(2)11(3)15(4)13-9-7-6-8-12(13)14/h6-9,11H,5H2,1-4H3. The van der Waals surface area contributed by atoms with Crippen molar-refractivity contribution in [3.8, 4) is 0 Å². The number of fused-ring (bicyclic) bond motifs is 1. The molecule has 86 valence electrons. The summed E-state index contributed by atoms with van der Waals surface area (Å²) in [6.07, 6.45) is 0. The Balaban J connectivity index is 2.57. The van der Waals surface area contributed by atoms with E-state index in [4.69, 9.17) is 4.74 Å². The van der Waals surface area contributed by atoms with Crippen molar-refractivity contribution in [2.75, 3.05) is 18.6 Å².